The highest BCUT2D eigenvalue weighted by atomic mass is 32.2. The summed E-state index contributed by atoms with van der Waals surface area (Å²) in [7, 11) is -3.64. The number of nitrogens with one attached hydrogen (secondary N) is 3. The van der Waals surface area contributed by atoms with Gasteiger partial charge in [-0.1, -0.05) is 13.0 Å². The molecule has 0 unspecified atom stereocenters. The Balaban J connectivity index is 1.81. The second-order valence-electron chi connectivity index (χ2n) is 8.91. The van der Waals surface area contributed by atoms with E-state index in [-0.39, 0.29) is 29.0 Å². The van der Waals surface area contributed by atoms with E-state index in [0.29, 0.717) is 23.8 Å². The fourth-order valence-corrected chi connectivity index (χ4v) is 6.38. The smallest absolute Gasteiger partial charge is 0.232 e. The van der Waals surface area contributed by atoms with Gasteiger partial charge in [-0.25, -0.2) is 27.8 Å². The number of nitrogens with zero attached hydrogens (tertiary/aromatic N) is 3. The minimum atomic E-state index is -3.64. The number of halogens is 1. The van der Waals surface area contributed by atoms with E-state index in [1.807, 2.05) is 13.8 Å². The molecule has 35 heavy (non-hydrogen) atoms. The van der Waals surface area contributed by atoms with Crippen LogP contribution in [0.4, 0.5) is 16.0 Å². The maximum Gasteiger partial charge on any atom is 0.232 e. The summed E-state index contributed by atoms with van der Waals surface area (Å²) in [6.45, 7) is 7.59. The number of sulfonamides is 1. The number of rotatable bonds is 9. The van der Waals surface area contributed by atoms with Gasteiger partial charge in [-0.3, -0.25) is 4.72 Å². The normalized spacial score (nSPS) is 14.9. The number of aromatic nitrogens is 3. The molecule has 3 heterocycles. The molecule has 4 rings (SSSR count). The number of hydrogen-bond acceptors (Lipinski definition) is 8. The molecule has 1 saturated heterocycles. The van der Waals surface area contributed by atoms with E-state index in [4.69, 9.17) is 4.98 Å². The fourth-order valence-electron chi connectivity index (χ4n) is 4.03. The van der Waals surface area contributed by atoms with Crippen LogP contribution < -0.4 is 15.4 Å². The molecule has 2 aromatic heterocycles. The molecule has 0 spiro atoms. The third-order valence-corrected chi connectivity index (χ3v) is 8.35. The lowest BCUT2D eigenvalue weighted by Crippen LogP contribution is -2.26. The molecule has 0 bridgehead atoms. The zero-order valence-corrected chi connectivity index (χ0v) is 21.8. The van der Waals surface area contributed by atoms with Crippen LogP contribution in [0.15, 0.2) is 30.5 Å². The highest BCUT2D eigenvalue weighted by molar-refractivity contribution is 7.92. The average Bonchev–Trinajstić information content (AvgIpc) is 3.26. The summed E-state index contributed by atoms with van der Waals surface area (Å²) in [6.07, 6.45) is 4.02. The first-order chi connectivity index (χ1) is 16.8. The van der Waals surface area contributed by atoms with Crippen LogP contribution in [0.2, 0.25) is 0 Å². The second-order valence-corrected chi connectivity index (χ2v) is 11.8. The number of hydrogen-bond donors (Lipinski definition) is 3. The Morgan fingerprint density at radius 2 is 1.97 bits per heavy atom. The van der Waals surface area contributed by atoms with Crippen LogP contribution in [0.3, 0.4) is 0 Å². The minimum Gasteiger partial charge on any atom is -0.352 e. The average molecular weight is 519 g/mol. The Kier molecular flexibility index (Phi) is 7.98. The zero-order valence-electron chi connectivity index (χ0n) is 20.1. The van der Waals surface area contributed by atoms with Gasteiger partial charge in [-0.05, 0) is 64.4 Å². The molecule has 0 amide bonds. The van der Waals surface area contributed by atoms with Gasteiger partial charge in [0.05, 0.1) is 32.7 Å². The largest absolute Gasteiger partial charge is 0.352 e. The Labute approximate surface area is 209 Å². The van der Waals surface area contributed by atoms with E-state index in [0.717, 1.165) is 35.8 Å². The summed E-state index contributed by atoms with van der Waals surface area (Å²) >= 11 is 1.52. The molecule has 3 N–H and O–H groups in total. The molecule has 188 valence electrons. The summed E-state index contributed by atoms with van der Waals surface area (Å²) < 4.78 is 42.7. The Bertz CT molecular complexity index is 1270. The van der Waals surface area contributed by atoms with E-state index in [2.05, 4.69) is 25.3 Å². The maximum absolute atomic E-state index is 15.7. The Morgan fingerprint density at radius 1 is 1.20 bits per heavy atom. The van der Waals surface area contributed by atoms with Crippen molar-refractivity contribution in [1.29, 1.82) is 0 Å². The van der Waals surface area contributed by atoms with Crippen molar-refractivity contribution < 1.29 is 12.8 Å². The van der Waals surface area contributed by atoms with Gasteiger partial charge in [0.2, 0.25) is 16.0 Å². The molecule has 1 aliphatic rings. The number of thiazole rings is 1. The summed E-state index contributed by atoms with van der Waals surface area (Å²) in [5.74, 6) is 0.0375. The maximum atomic E-state index is 15.7. The lowest BCUT2D eigenvalue weighted by molar-refractivity contribution is 0.459. The first kappa shape index (κ1) is 25.5. The van der Waals surface area contributed by atoms with E-state index in [1.165, 1.54) is 17.4 Å². The molecular formula is C24H31FN6O2S2. The molecule has 11 heteroatoms. The third kappa shape index (κ3) is 6.14. The van der Waals surface area contributed by atoms with Gasteiger partial charge in [-0.15, -0.1) is 11.3 Å². The standard InChI is InChI=1S/C24H31FN6O2S2/c1-4-14-35(32,33)31-18-7-5-6-17(20(18)25)21-22(19-10-13-27-24(29-19)28-15(2)3)34-23(30-21)16-8-11-26-12-9-16/h5-7,10,13,15-16,26,31H,4,8-9,11-12,14H2,1-3H3,(H,27,28,29). The Hall–Kier alpha value is -2.63. The Morgan fingerprint density at radius 3 is 2.69 bits per heavy atom. The van der Waals surface area contributed by atoms with Crippen LogP contribution >= 0.6 is 11.3 Å². The van der Waals surface area contributed by atoms with Crippen molar-refractivity contribution in [2.75, 3.05) is 28.9 Å². The summed E-state index contributed by atoms with van der Waals surface area (Å²) in [5.41, 5.74) is 1.27. The summed E-state index contributed by atoms with van der Waals surface area (Å²) in [5, 5.41) is 7.51. The number of benzene rings is 1. The predicted molar refractivity (Wildman–Crippen MR) is 140 cm³/mol. The van der Waals surface area contributed by atoms with E-state index in [1.54, 1.807) is 31.3 Å². The molecule has 1 fully saturated rings. The van der Waals surface area contributed by atoms with Crippen LogP contribution in [0.1, 0.15) is 51.0 Å². The van der Waals surface area contributed by atoms with Crippen molar-refractivity contribution >= 4 is 33.0 Å². The quantitative estimate of drug-likeness (QED) is 0.372. The summed E-state index contributed by atoms with van der Waals surface area (Å²) in [6, 6.07) is 6.65. The van der Waals surface area contributed by atoms with Crippen molar-refractivity contribution in [3.05, 3.63) is 41.3 Å². The molecule has 0 atom stereocenters. The van der Waals surface area contributed by atoms with Gasteiger partial charge in [0, 0.05) is 23.7 Å². The van der Waals surface area contributed by atoms with Crippen LogP contribution in [0, 0.1) is 5.82 Å². The highest BCUT2D eigenvalue weighted by Crippen LogP contribution is 2.42. The minimum absolute atomic E-state index is 0.0783. The first-order valence-corrected chi connectivity index (χ1v) is 14.3. The molecule has 0 saturated carbocycles. The zero-order chi connectivity index (χ0) is 25.0. The number of piperidine rings is 1. The van der Waals surface area contributed by atoms with Gasteiger partial charge >= 0.3 is 0 Å². The van der Waals surface area contributed by atoms with Crippen molar-refractivity contribution in [2.24, 2.45) is 0 Å². The molecule has 0 radical (unpaired) electrons. The van der Waals surface area contributed by atoms with E-state index < -0.39 is 15.8 Å². The predicted octanol–water partition coefficient (Wildman–Crippen LogP) is 4.85. The molecule has 1 aliphatic heterocycles. The molecule has 1 aromatic carbocycles. The third-order valence-electron chi connectivity index (χ3n) is 5.63. The SMILES string of the molecule is CCCS(=O)(=O)Nc1cccc(-c2nc(C3CCNCC3)sc2-c2ccnc(NC(C)C)n2)c1F. The van der Waals surface area contributed by atoms with E-state index >= 15 is 4.39 Å². The van der Waals surface area contributed by atoms with Crippen molar-refractivity contribution in [3.8, 4) is 21.8 Å². The van der Waals surface area contributed by atoms with Crippen LogP contribution in [0.5, 0.6) is 0 Å². The van der Waals surface area contributed by atoms with Crippen molar-refractivity contribution in [1.82, 2.24) is 20.3 Å². The molecular weight excluding hydrogens is 487 g/mol. The van der Waals surface area contributed by atoms with Crippen molar-refractivity contribution in [2.45, 2.75) is 52.0 Å². The topological polar surface area (TPSA) is 109 Å². The fraction of sp³-hybridized carbons (Fsp3) is 0.458. The van der Waals surface area contributed by atoms with Gasteiger partial charge in [0.15, 0.2) is 5.82 Å². The first-order valence-electron chi connectivity index (χ1n) is 11.9. The van der Waals surface area contributed by atoms with Crippen LogP contribution in [0.25, 0.3) is 21.8 Å². The van der Waals surface area contributed by atoms with Gasteiger partial charge in [0.1, 0.15) is 0 Å². The molecule has 0 aliphatic carbocycles. The summed E-state index contributed by atoms with van der Waals surface area (Å²) in [4.78, 5) is 14.6. The number of anilines is 2. The van der Waals surface area contributed by atoms with Crippen LogP contribution in [-0.2, 0) is 10.0 Å². The van der Waals surface area contributed by atoms with Crippen molar-refractivity contribution in [3.63, 3.8) is 0 Å². The molecule has 8 nitrogen and oxygen atoms in total. The molecule has 3 aromatic rings. The lowest BCUT2D eigenvalue weighted by Gasteiger charge is -2.20. The van der Waals surface area contributed by atoms with E-state index in [9.17, 15) is 8.42 Å². The van der Waals surface area contributed by atoms with Gasteiger partial charge < -0.3 is 10.6 Å². The highest BCUT2D eigenvalue weighted by Gasteiger charge is 2.26. The second kappa shape index (κ2) is 11.0. The monoisotopic (exact) mass is 518 g/mol. The van der Waals surface area contributed by atoms with Gasteiger partial charge in [-0.2, -0.15) is 0 Å². The lowest BCUT2D eigenvalue weighted by atomic mass is 9.99. The van der Waals surface area contributed by atoms with Crippen LogP contribution in [-0.4, -0.2) is 48.3 Å². The van der Waals surface area contributed by atoms with Gasteiger partial charge in [0.25, 0.3) is 0 Å².